The van der Waals surface area contributed by atoms with Gasteiger partial charge in [-0.25, -0.2) is 0 Å². The highest BCUT2D eigenvalue weighted by atomic mass is 16.3. The van der Waals surface area contributed by atoms with E-state index in [-0.39, 0.29) is 5.92 Å². The van der Waals surface area contributed by atoms with Crippen molar-refractivity contribution in [2.45, 2.75) is 39.2 Å². The number of aliphatic hydroxyl groups is 1. The molecule has 0 amide bonds. The molecule has 1 unspecified atom stereocenters. The van der Waals surface area contributed by atoms with Gasteiger partial charge in [0.1, 0.15) is 6.10 Å². The van der Waals surface area contributed by atoms with Crippen molar-refractivity contribution in [3.05, 3.63) is 0 Å². The quantitative estimate of drug-likeness (QED) is 0.590. The van der Waals surface area contributed by atoms with E-state index in [0.717, 1.165) is 12.8 Å². The van der Waals surface area contributed by atoms with Gasteiger partial charge in [-0.05, 0) is 12.3 Å². The first-order valence-electron chi connectivity index (χ1n) is 3.86. The predicted molar refractivity (Wildman–Crippen MR) is 43.5 cm³/mol. The van der Waals surface area contributed by atoms with Crippen LogP contribution >= 0.6 is 0 Å². The number of hydrogen-bond acceptors (Lipinski definition) is 1. The van der Waals surface area contributed by atoms with E-state index in [1.807, 2.05) is 6.92 Å². The molecule has 0 aromatic carbocycles. The van der Waals surface area contributed by atoms with E-state index in [0.29, 0.717) is 0 Å². The van der Waals surface area contributed by atoms with Gasteiger partial charge in [0.2, 0.25) is 0 Å². The number of unbranched alkanes of at least 4 members (excludes halogenated alkanes) is 1. The molecule has 0 aromatic heterocycles. The van der Waals surface area contributed by atoms with Crippen LogP contribution < -0.4 is 0 Å². The Kier molecular flexibility index (Phi) is 5.06. The van der Waals surface area contributed by atoms with Crippen LogP contribution in [0.5, 0.6) is 0 Å². The van der Waals surface area contributed by atoms with Crippen LogP contribution in [0.2, 0.25) is 0 Å². The van der Waals surface area contributed by atoms with E-state index >= 15 is 0 Å². The number of terminal acetylenes is 1. The van der Waals surface area contributed by atoms with Gasteiger partial charge in [-0.2, -0.15) is 0 Å². The summed E-state index contributed by atoms with van der Waals surface area (Å²) in [5.74, 6) is 2.58. The molecule has 1 N–H and O–H groups in total. The third kappa shape index (κ3) is 3.53. The lowest BCUT2D eigenvalue weighted by Crippen LogP contribution is -2.14. The molecule has 0 bridgehead atoms. The Labute approximate surface area is 63.5 Å². The second-order valence-corrected chi connectivity index (χ2v) is 2.73. The lowest BCUT2D eigenvalue weighted by Gasteiger charge is -2.11. The minimum absolute atomic E-state index is 0.255. The Morgan fingerprint density at radius 2 is 2.20 bits per heavy atom. The fourth-order valence-corrected chi connectivity index (χ4v) is 0.848. The molecule has 0 aliphatic rings. The fourth-order valence-electron chi connectivity index (χ4n) is 0.848. The summed E-state index contributed by atoms with van der Waals surface area (Å²) < 4.78 is 0. The molecule has 1 heteroatoms. The van der Waals surface area contributed by atoms with Crippen LogP contribution in [0.15, 0.2) is 0 Å². The van der Waals surface area contributed by atoms with Crippen LogP contribution in [-0.4, -0.2) is 11.2 Å². The van der Waals surface area contributed by atoms with Crippen molar-refractivity contribution in [3.8, 4) is 12.3 Å². The minimum Gasteiger partial charge on any atom is -0.380 e. The summed E-state index contributed by atoms with van der Waals surface area (Å²) in [6.07, 6.45) is 7.85. The summed E-state index contributed by atoms with van der Waals surface area (Å²) in [4.78, 5) is 0. The standard InChI is InChI=1S/C9H16O/c1-4-6-7-8(3)9(10)5-2/h2,8-10H,4,6-7H2,1,3H3/t8?,9-/m1/s1. The van der Waals surface area contributed by atoms with Gasteiger partial charge in [0.25, 0.3) is 0 Å². The lowest BCUT2D eigenvalue weighted by atomic mass is 9.99. The fraction of sp³-hybridized carbons (Fsp3) is 0.778. The third-order valence-electron chi connectivity index (χ3n) is 1.72. The lowest BCUT2D eigenvalue weighted by molar-refractivity contribution is 0.164. The first-order chi connectivity index (χ1) is 4.72. The number of aliphatic hydroxyl groups excluding tert-OH is 1. The van der Waals surface area contributed by atoms with Crippen LogP contribution in [0.1, 0.15) is 33.1 Å². The van der Waals surface area contributed by atoms with E-state index in [9.17, 15) is 0 Å². The topological polar surface area (TPSA) is 20.2 Å². The van der Waals surface area contributed by atoms with Gasteiger partial charge < -0.3 is 5.11 Å². The monoisotopic (exact) mass is 140 g/mol. The Morgan fingerprint density at radius 1 is 1.60 bits per heavy atom. The average Bonchev–Trinajstić information content (AvgIpc) is 1.98. The normalized spacial score (nSPS) is 15.8. The van der Waals surface area contributed by atoms with Crippen LogP contribution in [-0.2, 0) is 0 Å². The van der Waals surface area contributed by atoms with Crippen molar-refractivity contribution >= 4 is 0 Å². The molecule has 0 spiro atoms. The maximum absolute atomic E-state index is 9.12. The van der Waals surface area contributed by atoms with Gasteiger partial charge in [0.15, 0.2) is 0 Å². The van der Waals surface area contributed by atoms with Gasteiger partial charge in [-0.3, -0.25) is 0 Å². The molecule has 0 heterocycles. The summed E-state index contributed by atoms with van der Waals surface area (Å²) in [6, 6.07) is 0. The second kappa shape index (κ2) is 5.32. The molecule has 0 saturated carbocycles. The maximum atomic E-state index is 9.12. The number of hydrogen-bond donors (Lipinski definition) is 1. The smallest absolute Gasteiger partial charge is 0.117 e. The Hall–Kier alpha value is -0.480. The number of rotatable bonds is 4. The van der Waals surface area contributed by atoms with E-state index in [1.54, 1.807) is 0 Å². The summed E-state index contributed by atoms with van der Waals surface area (Å²) in [6.45, 7) is 4.12. The van der Waals surface area contributed by atoms with E-state index in [1.165, 1.54) is 6.42 Å². The van der Waals surface area contributed by atoms with Crippen molar-refractivity contribution < 1.29 is 5.11 Å². The van der Waals surface area contributed by atoms with Crippen LogP contribution in [0, 0.1) is 18.3 Å². The molecule has 0 aromatic rings. The summed E-state index contributed by atoms with van der Waals surface area (Å²) >= 11 is 0. The van der Waals surface area contributed by atoms with Crippen molar-refractivity contribution in [1.82, 2.24) is 0 Å². The van der Waals surface area contributed by atoms with Crippen molar-refractivity contribution in [1.29, 1.82) is 0 Å². The zero-order valence-corrected chi connectivity index (χ0v) is 6.80. The molecule has 0 saturated heterocycles. The van der Waals surface area contributed by atoms with Gasteiger partial charge in [-0.15, -0.1) is 6.42 Å². The van der Waals surface area contributed by atoms with Gasteiger partial charge in [0, 0.05) is 0 Å². The zero-order valence-electron chi connectivity index (χ0n) is 6.80. The van der Waals surface area contributed by atoms with Crippen molar-refractivity contribution in [2.75, 3.05) is 0 Å². The van der Waals surface area contributed by atoms with Crippen molar-refractivity contribution in [2.24, 2.45) is 5.92 Å². The predicted octanol–water partition coefficient (Wildman–Crippen LogP) is 1.81. The molecule has 0 aliphatic heterocycles. The molecule has 2 atom stereocenters. The van der Waals surface area contributed by atoms with E-state index in [4.69, 9.17) is 11.5 Å². The first kappa shape index (κ1) is 9.52. The second-order valence-electron chi connectivity index (χ2n) is 2.73. The van der Waals surface area contributed by atoms with E-state index < -0.39 is 6.10 Å². The minimum atomic E-state index is -0.549. The van der Waals surface area contributed by atoms with Crippen LogP contribution in [0.3, 0.4) is 0 Å². The molecule has 58 valence electrons. The van der Waals surface area contributed by atoms with E-state index in [2.05, 4.69) is 12.8 Å². The highest BCUT2D eigenvalue weighted by Gasteiger charge is 2.09. The maximum Gasteiger partial charge on any atom is 0.117 e. The summed E-state index contributed by atoms with van der Waals surface area (Å²) in [5.41, 5.74) is 0. The highest BCUT2D eigenvalue weighted by molar-refractivity contribution is 4.95. The SMILES string of the molecule is C#C[C@@H](O)C(C)CCCC. The average molecular weight is 140 g/mol. The largest absolute Gasteiger partial charge is 0.380 e. The summed E-state index contributed by atoms with van der Waals surface area (Å²) in [7, 11) is 0. The van der Waals surface area contributed by atoms with Crippen LogP contribution in [0.25, 0.3) is 0 Å². The molecular weight excluding hydrogens is 124 g/mol. The molecule has 10 heavy (non-hydrogen) atoms. The molecule has 0 fully saturated rings. The highest BCUT2D eigenvalue weighted by Crippen LogP contribution is 2.10. The molecule has 1 nitrogen and oxygen atoms in total. The van der Waals surface area contributed by atoms with Gasteiger partial charge in [-0.1, -0.05) is 32.6 Å². The first-order valence-corrected chi connectivity index (χ1v) is 3.86. The molecule has 0 rings (SSSR count). The molecule has 0 radical (unpaired) electrons. The Morgan fingerprint density at radius 3 is 2.60 bits per heavy atom. The van der Waals surface area contributed by atoms with Gasteiger partial charge >= 0.3 is 0 Å². The van der Waals surface area contributed by atoms with Crippen molar-refractivity contribution in [3.63, 3.8) is 0 Å². The zero-order chi connectivity index (χ0) is 7.98. The van der Waals surface area contributed by atoms with Crippen LogP contribution in [0.4, 0.5) is 0 Å². The molecular formula is C9H16O. The van der Waals surface area contributed by atoms with Gasteiger partial charge in [0.05, 0.1) is 0 Å². The molecule has 0 aliphatic carbocycles. The Balaban J connectivity index is 3.43. The Bertz CT molecular complexity index is 112. The third-order valence-corrected chi connectivity index (χ3v) is 1.72. The summed E-state index contributed by atoms with van der Waals surface area (Å²) in [5, 5.41) is 9.12.